The van der Waals surface area contributed by atoms with E-state index in [1.165, 1.54) is 18.2 Å². The molecule has 0 saturated carbocycles. The van der Waals surface area contributed by atoms with Gasteiger partial charge in [0, 0.05) is 11.1 Å². The third kappa shape index (κ3) is 2.45. The second-order valence-corrected chi connectivity index (χ2v) is 4.01. The van der Waals surface area contributed by atoms with Gasteiger partial charge in [0.1, 0.15) is 12.1 Å². The minimum absolute atomic E-state index is 0.0826. The van der Waals surface area contributed by atoms with Crippen LogP contribution >= 0.6 is 0 Å². The fourth-order valence-electron chi connectivity index (χ4n) is 1.73. The number of carbonyl (C=O) groups is 2. The van der Waals surface area contributed by atoms with E-state index in [1.807, 2.05) is 12.1 Å². The lowest BCUT2D eigenvalue weighted by molar-refractivity contribution is 0.0817. The number of nitriles is 2. The second-order valence-electron chi connectivity index (χ2n) is 4.01. The number of Topliss-reactive ketones (excluding diaryl/α,β-unsaturated/α-hetero) is 2. The van der Waals surface area contributed by atoms with E-state index >= 15 is 0 Å². The van der Waals surface area contributed by atoms with Crippen LogP contribution in [-0.4, -0.2) is 11.6 Å². The zero-order valence-corrected chi connectivity index (χ0v) is 10.3. The zero-order chi connectivity index (χ0) is 14.5. The van der Waals surface area contributed by atoms with Crippen molar-refractivity contribution in [2.75, 3.05) is 0 Å². The van der Waals surface area contributed by atoms with Gasteiger partial charge in [-0.3, -0.25) is 9.59 Å². The minimum atomic E-state index is -0.697. The summed E-state index contributed by atoms with van der Waals surface area (Å²) in [5.74, 6) is -1.34. The van der Waals surface area contributed by atoms with Gasteiger partial charge >= 0.3 is 0 Å². The van der Waals surface area contributed by atoms with E-state index in [4.69, 9.17) is 10.5 Å². The summed E-state index contributed by atoms with van der Waals surface area (Å²) in [4.78, 5) is 24.1. The zero-order valence-electron chi connectivity index (χ0n) is 10.3. The molecule has 0 unspecified atom stereocenters. The maximum absolute atomic E-state index is 12.1. The molecule has 0 aliphatic rings. The van der Waals surface area contributed by atoms with Gasteiger partial charge in [0.15, 0.2) is 0 Å². The van der Waals surface area contributed by atoms with Crippen LogP contribution in [0.3, 0.4) is 0 Å². The van der Waals surface area contributed by atoms with Crippen LogP contribution in [0.25, 0.3) is 0 Å². The molecule has 0 aliphatic heterocycles. The number of carbonyl (C=O) groups excluding carboxylic acids is 2. The molecule has 0 aliphatic carbocycles. The Balaban J connectivity index is 2.38. The van der Waals surface area contributed by atoms with Gasteiger partial charge in [0.2, 0.25) is 11.6 Å². The fraction of sp³-hybridized carbons (Fsp3) is 0. The Bertz CT molecular complexity index is 765. The Morgan fingerprint density at radius 1 is 0.750 bits per heavy atom. The summed E-state index contributed by atoms with van der Waals surface area (Å²) in [6.07, 6.45) is 0. The highest BCUT2D eigenvalue weighted by molar-refractivity contribution is 6.49. The number of benzene rings is 2. The molecule has 2 rings (SSSR count). The molecule has 0 atom stereocenters. The molecule has 0 N–H and O–H groups in total. The molecule has 0 bridgehead atoms. The fourth-order valence-corrected chi connectivity index (χ4v) is 1.73. The number of nitrogens with zero attached hydrogens (tertiary/aromatic N) is 2. The van der Waals surface area contributed by atoms with Crippen molar-refractivity contribution < 1.29 is 9.59 Å². The molecule has 94 valence electrons. The second kappa shape index (κ2) is 5.60. The van der Waals surface area contributed by atoms with Crippen molar-refractivity contribution in [1.82, 2.24) is 0 Å². The SMILES string of the molecule is N#Cc1ccc(C(=O)C(=O)c2ccccc2)cc1C#N. The first-order valence-corrected chi connectivity index (χ1v) is 5.75. The van der Waals surface area contributed by atoms with Crippen molar-refractivity contribution in [3.8, 4) is 12.1 Å². The van der Waals surface area contributed by atoms with Crippen molar-refractivity contribution in [3.63, 3.8) is 0 Å². The van der Waals surface area contributed by atoms with Gasteiger partial charge in [-0.1, -0.05) is 30.3 Å². The molecule has 0 heterocycles. The average molecular weight is 260 g/mol. The van der Waals surface area contributed by atoms with Gasteiger partial charge in [-0.2, -0.15) is 10.5 Å². The van der Waals surface area contributed by atoms with Crippen LogP contribution in [0.2, 0.25) is 0 Å². The molecule has 2 aromatic carbocycles. The monoisotopic (exact) mass is 260 g/mol. The summed E-state index contributed by atoms with van der Waals surface area (Å²) in [5, 5.41) is 17.7. The summed E-state index contributed by atoms with van der Waals surface area (Å²) in [6, 6.07) is 15.9. The minimum Gasteiger partial charge on any atom is -0.285 e. The molecule has 0 amide bonds. The summed E-state index contributed by atoms with van der Waals surface area (Å²) >= 11 is 0. The van der Waals surface area contributed by atoms with E-state index in [9.17, 15) is 9.59 Å². The van der Waals surface area contributed by atoms with Crippen molar-refractivity contribution in [3.05, 3.63) is 70.8 Å². The topological polar surface area (TPSA) is 81.7 Å². The number of ketones is 2. The van der Waals surface area contributed by atoms with Gasteiger partial charge in [-0.05, 0) is 18.2 Å². The summed E-state index contributed by atoms with van der Waals surface area (Å²) < 4.78 is 0. The quantitative estimate of drug-likeness (QED) is 0.627. The molecule has 20 heavy (non-hydrogen) atoms. The first-order valence-electron chi connectivity index (χ1n) is 5.75. The van der Waals surface area contributed by atoms with Gasteiger partial charge in [0.05, 0.1) is 11.1 Å². The Hall–Kier alpha value is -3.24. The Morgan fingerprint density at radius 3 is 1.95 bits per heavy atom. The van der Waals surface area contributed by atoms with Gasteiger partial charge in [0.25, 0.3) is 0 Å². The molecule has 2 aromatic rings. The highest BCUT2D eigenvalue weighted by Crippen LogP contribution is 2.13. The molecular weight excluding hydrogens is 252 g/mol. The van der Waals surface area contributed by atoms with Crippen LogP contribution in [-0.2, 0) is 0 Å². The van der Waals surface area contributed by atoms with Crippen molar-refractivity contribution in [1.29, 1.82) is 10.5 Å². The maximum atomic E-state index is 12.1. The van der Waals surface area contributed by atoms with Gasteiger partial charge in [-0.15, -0.1) is 0 Å². The van der Waals surface area contributed by atoms with Gasteiger partial charge < -0.3 is 0 Å². The average Bonchev–Trinajstić information content (AvgIpc) is 2.53. The first kappa shape index (κ1) is 13.2. The van der Waals surface area contributed by atoms with Crippen LogP contribution in [0.4, 0.5) is 0 Å². The molecule has 0 fully saturated rings. The normalized spacial score (nSPS) is 9.30. The summed E-state index contributed by atoms with van der Waals surface area (Å²) in [5.41, 5.74) is 0.658. The standard InChI is InChI=1S/C16H8N2O2/c17-9-13-7-6-12(8-14(13)10-18)16(20)15(19)11-4-2-1-3-5-11/h1-8H. The van der Waals surface area contributed by atoms with Crippen molar-refractivity contribution in [2.24, 2.45) is 0 Å². The molecule has 4 heteroatoms. The van der Waals surface area contributed by atoms with Crippen LogP contribution < -0.4 is 0 Å². The highest BCUT2D eigenvalue weighted by Gasteiger charge is 2.19. The van der Waals surface area contributed by atoms with E-state index in [-0.39, 0.29) is 16.7 Å². The Labute approximate surface area is 115 Å². The smallest absolute Gasteiger partial charge is 0.233 e. The van der Waals surface area contributed by atoms with E-state index < -0.39 is 11.6 Å². The van der Waals surface area contributed by atoms with E-state index in [0.29, 0.717) is 5.56 Å². The van der Waals surface area contributed by atoms with E-state index in [2.05, 4.69) is 0 Å². The molecule has 4 nitrogen and oxygen atoms in total. The third-order valence-corrected chi connectivity index (χ3v) is 2.76. The van der Waals surface area contributed by atoms with E-state index in [1.54, 1.807) is 30.3 Å². The summed E-state index contributed by atoms with van der Waals surface area (Å²) in [7, 11) is 0. The lowest BCUT2D eigenvalue weighted by Gasteiger charge is -2.02. The van der Waals surface area contributed by atoms with Crippen LogP contribution in [0, 0.1) is 22.7 Å². The molecule has 0 radical (unpaired) electrons. The molecule has 0 aromatic heterocycles. The maximum Gasteiger partial charge on any atom is 0.233 e. The van der Waals surface area contributed by atoms with Crippen molar-refractivity contribution >= 4 is 11.6 Å². The lowest BCUT2D eigenvalue weighted by Crippen LogP contribution is -2.14. The summed E-state index contributed by atoms with van der Waals surface area (Å²) in [6.45, 7) is 0. The Morgan fingerprint density at radius 2 is 1.35 bits per heavy atom. The van der Waals surface area contributed by atoms with Crippen LogP contribution in [0.1, 0.15) is 31.8 Å². The first-order chi connectivity index (χ1) is 9.67. The Kier molecular flexibility index (Phi) is 3.70. The third-order valence-electron chi connectivity index (χ3n) is 2.76. The molecular formula is C16H8N2O2. The number of rotatable bonds is 3. The van der Waals surface area contributed by atoms with Crippen molar-refractivity contribution in [2.45, 2.75) is 0 Å². The predicted octanol–water partition coefficient (Wildman–Crippen LogP) is 2.50. The van der Waals surface area contributed by atoms with Crippen LogP contribution in [0.15, 0.2) is 48.5 Å². The largest absolute Gasteiger partial charge is 0.285 e. The highest BCUT2D eigenvalue weighted by atomic mass is 16.2. The number of hydrogen-bond donors (Lipinski definition) is 0. The lowest BCUT2D eigenvalue weighted by atomic mass is 9.98. The predicted molar refractivity (Wildman–Crippen MR) is 71.0 cm³/mol. The molecule has 0 spiro atoms. The van der Waals surface area contributed by atoms with E-state index in [0.717, 1.165) is 0 Å². The number of hydrogen-bond acceptors (Lipinski definition) is 4. The van der Waals surface area contributed by atoms with Crippen LogP contribution in [0.5, 0.6) is 0 Å². The van der Waals surface area contributed by atoms with Gasteiger partial charge in [-0.25, -0.2) is 0 Å². The molecule has 0 saturated heterocycles.